The van der Waals surface area contributed by atoms with Crippen LogP contribution in [0.3, 0.4) is 0 Å². The van der Waals surface area contributed by atoms with Crippen LogP contribution in [-0.4, -0.2) is 28.1 Å². The lowest BCUT2D eigenvalue weighted by atomic mass is 9.83. The van der Waals surface area contributed by atoms with Gasteiger partial charge in [0.25, 0.3) is 0 Å². The van der Waals surface area contributed by atoms with Crippen LogP contribution in [0.4, 0.5) is 5.69 Å². The first kappa shape index (κ1) is 19.3. The number of carbonyl (C=O) groups is 2. The van der Waals surface area contributed by atoms with Crippen LogP contribution in [0, 0.1) is 5.92 Å². The fraction of sp³-hybridized carbons (Fsp3) is 0.167. The third kappa shape index (κ3) is 3.24. The number of carboxylic acid groups (broad SMARTS) is 1. The van der Waals surface area contributed by atoms with Crippen molar-refractivity contribution < 1.29 is 19.8 Å². The van der Waals surface area contributed by atoms with Gasteiger partial charge >= 0.3 is 5.97 Å². The molecule has 2 heterocycles. The number of hydrogen-bond acceptors (Lipinski definition) is 5. The smallest absolute Gasteiger partial charge is 0.335 e. The Morgan fingerprint density at radius 1 is 0.839 bits per heavy atom. The van der Waals surface area contributed by atoms with Gasteiger partial charge in [0.15, 0.2) is 0 Å². The molecular weight excluding hydrogens is 394 g/mol. The van der Waals surface area contributed by atoms with Crippen molar-refractivity contribution in [3.63, 3.8) is 0 Å². The molecule has 0 radical (unpaired) electrons. The molecule has 0 bridgehead atoms. The largest absolute Gasteiger partial charge is 0.508 e. The van der Waals surface area contributed by atoms with E-state index in [0.717, 1.165) is 11.1 Å². The van der Waals surface area contributed by atoms with Gasteiger partial charge in [-0.2, -0.15) is 0 Å². The molecule has 2 aliphatic rings. The first-order valence-corrected chi connectivity index (χ1v) is 10.1. The lowest BCUT2D eigenvalue weighted by Gasteiger charge is -2.31. The van der Waals surface area contributed by atoms with Gasteiger partial charge in [-0.3, -0.25) is 4.79 Å². The summed E-state index contributed by atoms with van der Waals surface area (Å²) in [5.74, 6) is -1.14. The first-order valence-electron chi connectivity index (χ1n) is 10.1. The van der Waals surface area contributed by atoms with E-state index in [1.165, 1.54) is 12.1 Å². The Kier molecular flexibility index (Phi) is 4.69. The van der Waals surface area contributed by atoms with Crippen LogP contribution in [0.2, 0.25) is 0 Å². The SMILES string of the molecule is O=C(O)c1ccc(N2C(=O)C3NNC(c4ccccc4)C3C2c2cccc(O)c2)cc1. The number of phenolic OH excluding ortho intramolecular Hbond substituents is 1. The van der Waals surface area contributed by atoms with E-state index in [-0.39, 0.29) is 35.2 Å². The summed E-state index contributed by atoms with van der Waals surface area (Å²) in [5, 5.41) is 19.3. The molecule has 2 saturated heterocycles. The monoisotopic (exact) mass is 415 g/mol. The van der Waals surface area contributed by atoms with Gasteiger partial charge in [0.05, 0.1) is 17.6 Å². The maximum absolute atomic E-state index is 13.5. The average molecular weight is 415 g/mol. The predicted octanol–water partition coefficient (Wildman–Crippen LogP) is 3.01. The van der Waals surface area contributed by atoms with E-state index in [0.29, 0.717) is 5.69 Å². The average Bonchev–Trinajstić information content (AvgIpc) is 3.33. The second-order valence-electron chi connectivity index (χ2n) is 7.83. The quantitative estimate of drug-likeness (QED) is 0.523. The van der Waals surface area contributed by atoms with E-state index in [1.54, 1.807) is 35.2 Å². The van der Waals surface area contributed by atoms with E-state index < -0.39 is 12.0 Å². The van der Waals surface area contributed by atoms with Gasteiger partial charge in [-0.05, 0) is 47.5 Å². The molecule has 156 valence electrons. The molecule has 0 spiro atoms. The Hall–Kier alpha value is -3.68. The van der Waals surface area contributed by atoms with Crippen molar-refractivity contribution in [1.29, 1.82) is 0 Å². The molecule has 0 aromatic heterocycles. The number of amides is 1. The summed E-state index contributed by atoms with van der Waals surface area (Å²) in [6.07, 6.45) is 0. The maximum Gasteiger partial charge on any atom is 0.335 e. The van der Waals surface area contributed by atoms with Gasteiger partial charge < -0.3 is 15.1 Å². The molecule has 0 aliphatic carbocycles. The minimum absolute atomic E-state index is 0.104. The maximum atomic E-state index is 13.5. The normalized spacial score (nSPS) is 24.9. The van der Waals surface area contributed by atoms with Crippen molar-refractivity contribution >= 4 is 17.6 Å². The van der Waals surface area contributed by atoms with Crippen molar-refractivity contribution in [3.8, 4) is 5.75 Å². The van der Waals surface area contributed by atoms with Crippen LogP contribution >= 0.6 is 0 Å². The summed E-state index contributed by atoms with van der Waals surface area (Å²) in [7, 11) is 0. The van der Waals surface area contributed by atoms with Gasteiger partial charge in [0, 0.05) is 11.6 Å². The highest BCUT2D eigenvalue weighted by Crippen LogP contribution is 2.49. The summed E-state index contributed by atoms with van der Waals surface area (Å²) >= 11 is 0. The predicted molar refractivity (Wildman–Crippen MR) is 114 cm³/mol. The zero-order valence-corrected chi connectivity index (χ0v) is 16.5. The minimum Gasteiger partial charge on any atom is -0.508 e. The molecule has 7 nitrogen and oxygen atoms in total. The van der Waals surface area contributed by atoms with E-state index >= 15 is 0 Å². The molecule has 7 heteroatoms. The van der Waals surface area contributed by atoms with Gasteiger partial charge in [-0.15, -0.1) is 0 Å². The number of benzene rings is 3. The molecule has 4 unspecified atom stereocenters. The van der Waals surface area contributed by atoms with Gasteiger partial charge in [0.2, 0.25) is 5.91 Å². The molecule has 3 aromatic rings. The Morgan fingerprint density at radius 2 is 1.52 bits per heavy atom. The molecule has 4 N–H and O–H groups in total. The second-order valence-corrected chi connectivity index (χ2v) is 7.83. The van der Waals surface area contributed by atoms with Gasteiger partial charge in [-0.25, -0.2) is 15.6 Å². The van der Waals surface area contributed by atoms with Crippen LogP contribution in [0.15, 0.2) is 78.9 Å². The Bertz CT molecular complexity index is 1130. The van der Waals surface area contributed by atoms with Gasteiger partial charge in [0.1, 0.15) is 11.8 Å². The molecule has 5 rings (SSSR count). The van der Waals surface area contributed by atoms with E-state index in [2.05, 4.69) is 10.9 Å². The van der Waals surface area contributed by atoms with Crippen molar-refractivity contribution in [1.82, 2.24) is 10.9 Å². The summed E-state index contributed by atoms with van der Waals surface area (Å²) < 4.78 is 0. The number of carboxylic acids is 1. The van der Waals surface area contributed by atoms with E-state index in [1.807, 2.05) is 36.4 Å². The number of rotatable bonds is 4. The molecule has 31 heavy (non-hydrogen) atoms. The van der Waals surface area contributed by atoms with Crippen LogP contribution in [0.25, 0.3) is 0 Å². The van der Waals surface area contributed by atoms with Crippen molar-refractivity contribution in [2.45, 2.75) is 18.1 Å². The fourth-order valence-corrected chi connectivity index (χ4v) is 4.71. The van der Waals surface area contributed by atoms with Crippen molar-refractivity contribution in [2.24, 2.45) is 5.92 Å². The number of aromatic hydroxyl groups is 1. The molecular formula is C24H21N3O4. The number of carbonyl (C=O) groups excluding carboxylic acids is 1. The molecule has 3 aromatic carbocycles. The third-order valence-electron chi connectivity index (χ3n) is 6.07. The highest BCUT2D eigenvalue weighted by atomic mass is 16.4. The molecule has 2 fully saturated rings. The molecule has 0 saturated carbocycles. The van der Waals surface area contributed by atoms with Crippen molar-refractivity contribution in [3.05, 3.63) is 95.6 Å². The van der Waals surface area contributed by atoms with E-state index in [4.69, 9.17) is 0 Å². The Balaban J connectivity index is 1.62. The van der Waals surface area contributed by atoms with Gasteiger partial charge in [-0.1, -0.05) is 42.5 Å². The summed E-state index contributed by atoms with van der Waals surface area (Å²) in [4.78, 5) is 26.5. The van der Waals surface area contributed by atoms with Crippen LogP contribution < -0.4 is 15.8 Å². The highest BCUT2D eigenvalue weighted by Gasteiger charge is 2.56. The number of nitrogens with one attached hydrogen (secondary N) is 2. The van der Waals surface area contributed by atoms with Crippen LogP contribution in [0.1, 0.15) is 33.6 Å². The molecule has 1 amide bonds. The van der Waals surface area contributed by atoms with Crippen LogP contribution in [0.5, 0.6) is 5.75 Å². The number of phenols is 1. The summed E-state index contributed by atoms with van der Waals surface area (Å²) in [6.45, 7) is 0. The number of hydrazine groups is 1. The lowest BCUT2D eigenvalue weighted by Crippen LogP contribution is -2.41. The topological polar surface area (TPSA) is 102 Å². The Labute approximate surface area is 178 Å². The first-order chi connectivity index (χ1) is 15.0. The van der Waals surface area contributed by atoms with Crippen molar-refractivity contribution in [2.75, 3.05) is 4.90 Å². The number of fused-ring (bicyclic) bond motifs is 1. The standard InChI is InChI=1S/C24H21N3O4/c28-18-8-4-7-16(13-18)22-19-20(14-5-2-1-3-6-14)25-26-21(19)23(29)27(22)17-11-9-15(10-12-17)24(30)31/h1-13,19-22,25-26,28H,(H,30,31). The zero-order chi connectivity index (χ0) is 21.5. The van der Waals surface area contributed by atoms with E-state index in [9.17, 15) is 19.8 Å². The number of nitrogens with zero attached hydrogens (tertiary/aromatic N) is 1. The number of aromatic carboxylic acids is 1. The fourth-order valence-electron chi connectivity index (χ4n) is 4.71. The van der Waals surface area contributed by atoms with Crippen LogP contribution in [-0.2, 0) is 4.79 Å². The minimum atomic E-state index is -1.02. The molecule has 2 aliphatic heterocycles. The lowest BCUT2D eigenvalue weighted by molar-refractivity contribution is -0.119. The second kappa shape index (κ2) is 7.54. The number of hydrogen-bond donors (Lipinski definition) is 4. The summed E-state index contributed by atoms with van der Waals surface area (Å²) in [5.41, 5.74) is 9.09. The molecule has 4 atom stereocenters. The summed E-state index contributed by atoms with van der Waals surface area (Å²) in [6, 6.07) is 22.3. The number of anilines is 1. The highest BCUT2D eigenvalue weighted by molar-refractivity contribution is 6.01. The Morgan fingerprint density at radius 3 is 2.19 bits per heavy atom. The third-order valence-corrected chi connectivity index (χ3v) is 6.07. The zero-order valence-electron chi connectivity index (χ0n) is 16.5.